The molecule has 2 aromatic rings. The zero-order valence-electron chi connectivity index (χ0n) is 13.1. The van der Waals surface area contributed by atoms with Crippen LogP contribution in [0.5, 0.6) is 0 Å². The molecule has 0 radical (unpaired) electrons. The van der Waals surface area contributed by atoms with Gasteiger partial charge >= 0.3 is 0 Å². The van der Waals surface area contributed by atoms with Gasteiger partial charge < -0.3 is 5.32 Å². The van der Waals surface area contributed by atoms with Gasteiger partial charge in [0.1, 0.15) is 0 Å². The average molecular weight is 364 g/mol. The molecule has 5 nitrogen and oxygen atoms in total. The minimum atomic E-state index is -3.66. The van der Waals surface area contributed by atoms with Gasteiger partial charge in [0.2, 0.25) is 15.9 Å². The summed E-state index contributed by atoms with van der Waals surface area (Å²) in [6, 6.07) is 16.3. The molecule has 0 spiro atoms. The lowest BCUT2D eigenvalue weighted by Crippen LogP contribution is -2.25. The van der Waals surface area contributed by atoms with Crippen LogP contribution in [0.3, 0.4) is 0 Å². The van der Waals surface area contributed by atoms with E-state index in [0.29, 0.717) is 19.4 Å². The van der Waals surface area contributed by atoms with Crippen LogP contribution in [0.4, 0.5) is 0 Å². The van der Waals surface area contributed by atoms with Crippen LogP contribution in [-0.4, -0.2) is 26.6 Å². The van der Waals surface area contributed by atoms with Gasteiger partial charge in [0.15, 0.2) is 0 Å². The number of nitrogens with one attached hydrogen (secondary N) is 1. The van der Waals surface area contributed by atoms with Crippen molar-refractivity contribution in [1.29, 1.82) is 0 Å². The third-order valence-corrected chi connectivity index (χ3v) is 5.27. The monoisotopic (exact) mass is 364 g/mol. The lowest BCUT2D eigenvalue weighted by atomic mass is 10.1. The van der Waals surface area contributed by atoms with E-state index in [1.54, 1.807) is 23.9 Å². The lowest BCUT2D eigenvalue weighted by Gasteiger charge is -2.06. The SMILES string of the molecule is NS(=O)(=O)c1ccc(CCNC(=O)CCSc2ccccc2)cc1. The second-order valence-corrected chi connectivity index (χ2v) is 7.93. The molecule has 2 rings (SSSR count). The highest BCUT2D eigenvalue weighted by Gasteiger charge is 2.07. The summed E-state index contributed by atoms with van der Waals surface area (Å²) in [6.45, 7) is 0.517. The fraction of sp³-hybridized carbons (Fsp3) is 0.235. The molecule has 3 N–H and O–H groups in total. The first-order chi connectivity index (χ1) is 11.4. The molecule has 0 saturated heterocycles. The highest BCUT2D eigenvalue weighted by atomic mass is 32.2. The molecule has 0 aliphatic heterocycles. The average Bonchev–Trinajstić information content (AvgIpc) is 2.55. The summed E-state index contributed by atoms with van der Waals surface area (Å²) in [5.41, 5.74) is 0.946. The van der Waals surface area contributed by atoms with Crippen LogP contribution in [-0.2, 0) is 21.2 Å². The van der Waals surface area contributed by atoms with Gasteiger partial charge in [0.25, 0.3) is 0 Å². The van der Waals surface area contributed by atoms with Gasteiger partial charge in [-0.1, -0.05) is 30.3 Å². The molecule has 0 aliphatic rings. The molecule has 128 valence electrons. The second-order valence-electron chi connectivity index (χ2n) is 5.20. The first-order valence-electron chi connectivity index (χ1n) is 7.51. The quantitative estimate of drug-likeness (QED) is 0.703. The Morgan fingerprint density at radius 2 is 1.71 bits per heavy atom. The van der Waals surface area contributed by atoms with Crippen molar-refractivity contribution in [3.8, 4) is 0 Å². The number of amides is 1. The number of benzene rings is 2. The third kappa shape index (κ3) is 6.35. The van der Waals surface area contributed by atoms with Crippen LogP contribution in [0.1, 0.15) is 12.0 Å². The van der Waals surface area contributed by atoms with E-state index < -0.39 is 10.0 Å². The van der Waals surface area contributed by atoms with E-state index in [4.69, 9.17) is 5.14 Å². The summed E-state index contributed by atoms with van der Waals surface area (Å²) < 4.78 is 22.3. The molecule has 0 bridgehead atoms. The third-order valence-electron chi connectivity index (χ3n) is 3.33. The summed E-state index contributed by atoms with van der Waals surface area (Å²) in [5.74, 6) is 0.749. The van der Waals surface area contributed by atoms with E-state index in [1.807, 2.05) is 30.3 Å². The fourth-order valence-electron chi connectivity index (χ4n) is 2.06. The van der Waals surface area contributed by atoms with E-state index in [1.165, 1.54) is 12.1 Å². The van der Waals surface area contributed by atoms with Crippen molar-refractivity contribution < 1.29 is 13.2 Å². The highest BCUT2D eigenvalue weighted by Crippen LogP contribution is 2.17. The molecule has 0 saturated carbocycles. The second kappa shape index (κ2) is 8.86. The maximum atomic E-state index is 11.8. The van der Waals surface area contributed by atoms with Gasteiger partial charge in [-0.15, -0.1) is 11.8 Å². The van der Waals surface area contributed by atoms with Crippen molar-refractivity contribution >= 4 is 27.7 Å². The number of thioether (sulfide) groups is 1. The normalized spacial score (nSPS) is 11.2. The molecule has 0 fully saturated rings. The standard InChI is InChI=1S/C17H20N2O3S2/c18-24(21,22)16-8-6-14(7-9-16)10-12-19-17(20)11-13-23-15-4-2-1-3-5-15/h1-9H,10-13H2,(H,19,20)(H2,18,21,22). The molecule has 24 heavy (non-hydrogen) atoms. The van der Waals surface area contributed by atoms with Crippen LogP contribution in [0, 0.1) is 0 Å². The van der Waals surface area contributed by atoms with Gasteiger partial charge in [-0.25, -0.2) is 13.6 Å². The Hall–Kier alpha value is -1.83. The molecule has 0 atom stereocenters. The summed E-state index contributed by atoms with van der Waals surface area (Å²) in [7, 11) is -3.66. The smallest absolute Gasteiger partial charge is 0.238 e. The van der Waals surface area contributed by atoms with E-state index in [0.717, 1.165) is 16.2 Å². The Kier molecular flexibility index (Phi) is 6.84. The molecule has 1 amide bonds. The van der Waals surface area contributed by atoms with Gasteiger partial charge in [-0.2, -0.15) is 0 Å². The Balaban J connectivity index is 1.67. The summed E-state index contributed by atoms with van der Waals surface area (Å²) in [4.78, 5) is 13.0. The first-order valence-corrected chi connectivity index (χ1v) is 10.0. The number of sulfonamides is 1. The highest BCUT2D eigenvalue weighted by molar-refractivity contribution is 7.99. The maximum Gasteiger partial charge on any atom is 0.238 e. The minimum absolute atomic E-state index is 0.0135. The van der Waals surface area contributed by atoms with E-state index >= 15 is 0 Å². The first kappa shape index (κ1) is 18.5. The van der Waals surface area contributed by atoms with Crippen molar-refractivity contribution in [2.75, 3.05) is 12.3 Å². The van der Waals surface area contributed by atoms with E-state index in [2.05, 4.69) is 5.32 Å². The molecule has 0 aromatic heterocycles. The Morgan fingerprint density at radius 3 is 2.33 bits per heavy atom. The largest absolute Gasteiger partial charge is 0.356 e. The molecular formula is C17H20N2O3S2. The van der Waals surface area contributed by atoms with E-state index in [-0.39, 0.29) is 10.8 Å². The van der Waals surface area contributed by atoms with Crippen molar-refractivity contribution in [2.45, 2.75) is 22.6 Å². The van der Waals surface area contributed by atoms with E-state index in [9.17, 15) is 13.2 Å². The number of rotatable bonds is 8. The van der Waals surface area contributed by atoms with Crippen LogP contribution in [0.25, 0.3) is 0 Å². The lowest BCUT2D eigenvalue weighted by molar-refractivity contribution is -0.120. The Bertz CT molecular complexity index is 760. The summed E-state index contributed by atoms with van der Waals surface area (Å²) in [6.07, 6.45) is 1.10. The van der Waals surface area contributed by atoms with Crippen molar-refractivity contribution in [3.63, 3.8) is 0 Å². The topological polar surface area (TPSA) is 89.3 Å². The zero-order chi connectivity index (χ0) is 17.4. The number of primary sulfonamides is 1. The zero-order valence-corrected chi connectivity index (χ0v) is 14.8. The van der Waals surface area contributed by atoms with Gasteiger partial charge in [0.05, 0.1) is 4.90 Å². The number of nitrogens with two attached hydrogens (primary N) is 1. The Morgan fingerprint density at radius 1 is 1.04 bits per heavy atom. The molecular weight excluding hydrogens is 344 g/mol. The van der Waals surface area contributed by atoms with Crippen LogP contribution < -0.4 is 10.5 Å². The predicted octanol–water partition coefficient (Wildman–Crippen LogP) is 2.18. The number of carbonyl (C=O) groups excluding carboxylic acids is 1. The molecule has 7 heteroatoms. The molecule has 0 heterocycles. The molecule has 0 unspecified atom stereocenters. The summed E-state index contributed by atoms with van der Waals surface area (Å²) in [5, 5.41) is 7.92. The summed E-state index contributed by atoms with van der Waals surface area (Å²) >= 11 is 1.65. The minimum Gasteiger partial charge on any atom is -0.356 e. The van der Waals surface area contributed by atoms with Gasteiger partial charge in [0, 0.05) is 23.6 Å². The Labute approximate surface area is 146 Å². The van der Waals surface area contributed by atoms with Crippen LogP contribution in [0.15, 0.2) is 64.4 Å². The number of hydrogen-bond donors (Lipinski definition) is 2. The van der Waals surface area contributed by atoms with Crippen molar-refractivity contribution in [1.82, 2.24) is 5.32 Å². The van der Waals surface area contributed by atoms with Gasteiger partial charge in [-0.3, -0.25) is 4.79 Å². The number of hydrogen-bond acceptors (Lipinski definition) is 4. The number of carbonyl (C=O) groups is 1. The molecule has 2 aromatic carbocycles. The van der Waals surface area contributed by atoms with Gasteiger partial charge in [-0.05, 0) is 36.2 Å². The van der Waals surface area contributed by atoms with Crippen LogP contribution in [0.2, 0.25) is 0 Å². The van der Waals surface area contributed by atoms with Crippen molar-refractivity contribution in [3.05, 3.63) is 60.2 Å². The van der Waals surface area contributed by atoms with Crippen LogP contribution >= 0.6 is 11.8 Å². The maximum absolute atomic E-state index is 11.8. The van der Waals surface area contributed by atoms with Crippen molar-refractivity contribution in [2.24, 2.45) is 5.14 Å². The molecule has 0 aliphatic carbocycles. The predicted molar refractivity (Wildman–Crippen MR) is 96.3 cm³/mol. The fourth-order valence-corrected chi connectivity index (χ4v) is 3.45.